The van der Waals surface area contributed by atoms with Crippen molar-refractivity contribution in [3.05, 3.63) is 48.8 Å². The average molecular weight is 438 g/mol. The van der Waals surface area contributed by atoms with E-state index in [2.05, 4.69) is 57.3 Å². The number of anilines is 1. The standard InChI is InChI=1S/C20H19AsN4OS/c1-27-18-17(14-6-8-22-9-7-14)23-19(15-2-4-16(21)5-3-15)24-20(18)25-10-12-26-13-11-25/h2-9H,10-13H2,1H3. The molecule has 2 radical (unpaired) electrons. The number of hydrogen-bond acceptors (Lipinski definition) is 6. The summed E-state index contributed by atoms with van der Waals surface area (Å²) in [5.74, 6) is 1.73. The average Bonchev–Trinajstić information content (AvgIpc) is 2.74. The van der Waals surface area contributed by atoms with Crippen molar-refractivity contribution < 1.29 is 4.74 Å². The molecule has 1 saturated heterocycles. The van der Waals surface area contributed by atoms with Crippen LogP contribution < -0.4 is 9.25 Å². The zero-order valence-corrected chi connectivity index (χ0v) is 17.7. The molecule has 1 aromatic carbocycles. The van der Waals surface area contributed by atoms with Crippen molar-refractivity contribution in [1.82, 2.24) is 15.0 Å². The Bertz CT molecular complexity index is 915. The number of thioether (sulfide) groups is 1. The molecule has 1 fully saturated rings. The van der Waals surface area contributed by atoms with E-state index in [0.717, 1.165) is 64.0 Å². The van der Waals surface area contributed by atoms with Gasteiger partial charge in [0.2, 0.25) is 0 Å². The van der Waals surface area contributed by atoms with Crippen molar-refractivity contribution in [2.45, 2.75) is 4.90 Å². The van der Waals surface area contributed by atoms with Gasteiger partial charge in [-0.05, 0) is 0 Å². The van der Waals surface area contributed by atoms with E-state index in [-0.39, 0.29) is 0 Å². The number of benzene rings is 1. The van der Waals surface area contributed by atoms with E-state index in [9.17, 15) is 0 Å². The minimum absolute atomic E-state index is 0.722. The second kappa shape index (κ2) is 8.42. The summed E-state index contributed by atoms with van der Waals surface area (Å²) in [6, 6.07) is 12.3. The molecule has 0 spiro atoms. The molecule has 0 bridgehead atoms. The van der Waals surface area contributed by atoms with Crippen molar-refractivity contribution >= 4 is 38.8 Å². The molecule has 7 heteroatoms. The number of hydrogen-bond donors (Lipinski definition) is 0. The molecule has 1 aliphatic heterocycles. The number of pyridine rings is 1. The Balaban J connectivity index is 1.90. The molecule has 0 saturated carbocycles. The summed E-state index contributed by atoms with van der Waals surface area (Å²) in [6.45, 7) is 3.12. The van der Waals surface area contributed by atoms with Gasteiger partial charge in [0.05, 0.1) is 0 Å². The molecule has 0 N–H and O–H groups in total. The van der Waals surface area contributed by atoms with Crippen LogP contribution in [0.3, 0.4) is 0 Å². The second-order valence-electron chi connectivity index (χ2n) is 6.13. The quantitative estimate of drug-likeness (QED) is 0.461. The summed E-state index contributed by atoms with van der Waals surface area (Å²) >= 11 is 4.24. The fourth-order valence-electron chi connectivity index (χ4n) is 3.06. The fourth-order valence-corrected chi connectivity index (χ4v) is 4.09. The fraction of sp³-hybridized carbons (Fsp3) is 0.250. The van der Waals surface area contributed by atoms with E-state index in [1.807, 2.05) is 12.1 Å². The summed E-state index contributed by atoms with van der Waals surface area (Å²) in [7, 11) is 0. The molecule has 0 atom stereocenters. The predicted molar refractivity (Wildman–Crippen MR) is 111 cm³/mol. The van der Waals surface area contributed by atoms with Gasteiger partial charge >= 0.3 is 172 Å². The molecular weight excluding hydrogens is 419 g/mol. The van der Waals surface area contributed by atoms with E-state index in [4.69, 9.17) is 14.7 Å². The first kappa shape index (κ1) is 18.5. The first-order valence-electron chi connectivity index (χ1n) is 8.75. The van der Waals surface area contributed by atoms with Gasteiger partial charge in [-0.25, -0.2) is 0 Å². The van der Waals surface area contributed by atoms with Crippen LogP contribution in [-0.2, 0) is 4.74 Å². The normalized spacial score (nSPS) is 14.4. The van der Waals surface area contributed by atoms with Gasteiger partial charge in [0.25, 0.3) is 0 Å². The summed E-state index contributed by atoms with van der Waals surface area (Å²) in [6.07, 6.45) is 5.69. The number of rotatable bonds is 4. The SMILES string of the molecule is CSc1c(-c2ccncc2)nc(-c2ccc([As])cc2)nc1N1CCOCC1. The molecule has 4 rings (SSSR count). The summed E-state index contributed by atoms with van der Waals surface area (Å²) in [5.41, 5.74) is 3.02. The Labute approximate surface area is 172 Å². The van der Waals surface area contributed by atoms with Gasteiger partial charge in [-0.15, -0.1) is 0 Å². The molecule has 2 aromatic heterocycles. The van der Waals surface area contributed by atoms with Crippen LogP contribution in [0.5, 0.6) is 0 Å². The van der Waals surface area contributed by atoms with Crippen LogP contribution in [0, 0.1) is 0 Å². The van der Waals surface area contributed by atoms with Gasteiger partial charge in [-0.1, -0.05) is 0 Å². The molecule has 1 aliphatic rings. The topological polar surface area (TPSA) is 51.1 Å². The number of nitrogens with zero attached hydrogens (tertiary/aromatic N) is 4. The van der Waals surface area contributed by atoms with Crippen LogP contribution in [0.25, 0.3) is 22.6 Å². The minimum atomic E-state index is 0.722. The third kappa shape index (κ3) is 4.03. The number of morpholine rings is 1. The van der Waals surface area contributed by atoms with Gasteiger partial charge < -0.3 is 0 Å². The zero-order valence-electron chi connectivity index (χ0n) is 15.0. The van der Waals surface area contributed by atoms with Gasteiger partial charge in [-0.2, -0.15) is 0 Å². The van der Waals surface area contributed by atoms with Crippen LogP contribution in [0.15, 0.2) is 53.7 Å². The van der Waals surface area contributed by atoms with Crippen LogP contribution in [0.4, 0.5) is 5.82 Å². The number of aromatic nitrogens is 3. The van der Waals surface area contributed by atoms with E-state index in [1.165, 1.54) is 0 Å². The molecular formula is C20H19AsN4OS. The summed E-state index contributed by atoms with van der Waals surface area (Å²) in [4.78, 5) is 17.5. The van der Waals surface area contributed by atoms with Crippen LogP contribution in [0.1, 0.15) is 0 Å². The second-order valence-corrected chi connectivity index (χ2v) is 8.03. The van der Waals surface area contributed by atoms with E-state index < -0.39 is 0 Å². The zero-order chi connectivity index (χ0) is 18.6. The van der Waals surface area contributed by atoms with Crippen molar-refractivity contribution in [3.8, 4) is 22.6 Å². The molecule has 0 amide bonds. The maximum atomic E-state index is 5.54. The Morgan fingerprint density at radius 1 is 0.963 bits per heavy atom. The Morgan fingerprint density at radius 3 is 2.33 bits per heavy atom. The van der Waals surface area contributed by atoms with Gasteiger partial charge in [0, 0.05) is 0 Å². The molecule has 3 heterocycles. The predicted octanol–water partition coefficient (Wildman–Crippen LogP) is 2.56. The molecule has 136 valence electrons. The Morgan fingerprint density at radius 2 is 1.67 bits per heavy atom. The Kier molecular flexibility index (Phi) is 5.77. The number of ether oxygens (including phenoxy) is 1. The van der Waals surface area contributed by atoms with Crippen molar-refractivity contribution in [2.75, 3.05) is 37.5 Å². The first-order valence-corrected chi connectivity index (χ1v) is 10.9. The third-order valence-corrected chi connectivity index (χ3v) is 5.85. The van der Waals surface area contributed by atoms with Crippen molar-refractivity contribution in [2.24, 2.45) is 0 Å². The van der Waals surface area contributed by atoms with Crippen LogP contribution in [0.2, 0.25) is 0 Å². The third-order valence-electron chi connectivity index (χ3n) is 4.44. The van der Waals surface area contributed by atoms with Crippen molar-refractivity contribution in [1.29, 1.82) is 0 Å². The van der Waals surface area contributed by atoms with Gasteiger partial charge in [0.1, 0.15) is 0 Å². The molecule has 0 unspecified atom stereocenters. The molecule has 5 nitrogen and oxygen atoms in total. The maximum absolute atomic E-state index is 5.54. The van der Waals surface area contributed by atoms with E-state index in [0.29, 0.717) is 0 Å². The summed E-state index contributed by atoms with van der Waals surface area (Å²) < 4.78 is 6.70. The van der Waals surface area contributed by atoms with Gasteiger partial charge in [0.15, 0.2) is 0 Å². The molecule has 27 heavy (non-hydrogen) atoms. The molecule has 0 aliphatic carbocycles. The molecule has 3 aromatic rings. The first-order chi connectivity index (χ1) is 13.3. The summed E-state index contributed by atoms with van der Waals surface area (Å²) in [5, 5.41) is 0. The monoisotopic (exact) mass is 438 g/mol. The van der Waals surface area contributed by atoms with E-state index >= 15 is 0 Å². The van der Waals surface area contributed by atoms with Crippen LogP contribution in [-0.4, -0.2) is 64.4 Å². The Hall–Kier alpha value is -1.88. The van der Waals surface area contributed by atoms with E-state index in [1.54, 1.807) is 24.2 Å². The van der Waals surface area contributed by atoms with Crippen molar-refractivity contribution in [3.63, 3.8) is 0 Å². The van der Waals surface area contributed by atoms with Gasteiger partial charge in [-0.3, -0.25) is 0 Å². The van der Waals surface area contributed by atoms with Crippen LogP contribution >= 0.6 is 11.8 Å².